The van der Waals surface area contributed by atoms with Gasteiger partial charge in [0.15, 0.2) is 0 Å². The number of benzene rings is 2. The molecule has 1 aliphatic rings. The van der Waals surface area contributed by atoms with Gasteiger partial charge in [-0.3, -0.25) is 9.59 Å². The van der Waals surface area contributed by atoms with Crippen molar-refractivity contribution < 1.29 is 23.1 Å². The van der Waals surface area contributed by atoms with Crippen LogP contribution >= 0.6 is 0 Å². The van der Waals surface area contributed by atoms with Gasteiger partial charge < -0.3 is 15.0 Å². The summed E-state index contributed by atoms with van der Waals surface area (Å²) in [6.07, 6.45) is 1.06. The lowest BCUT2D eigenvalue weighted by Crippen LogP contribution is -2.28. The summed E-state index contributed by atoms with van der Waals surface area (Å²) in [5, 5.41) is 2.75. The van der Waals surface area contributed by atoms with Crippen LogP contribution in [-0.4, -0.2) is 36.5 Å². The number of nitrogens with zero attached hydrogens (tertiary/aromatic N) is 1. The third-order valence-electron chi connectivity index (χ3n) is 4.37. The average molecular weight is 374 g/mol. The average Bonchev–Trinajstić information content (AvgIpc) is 3.18. The Morgan fingerprint density at radius 3 is 2.74 bits per heavy atom. The summed E-state index contributed by atoms with van der Waals surface area (Å²) in [6.45, 7) is 0.568. The van der Waals surface area contributed by atoms with E-state index in [0.29, 0.717) is 24.3 Å². The highest BCUT2D eigenvalue weighted by atomic mass is 19.1. The van der Waals surface area contributed by atoms with Gasteiger partial charge in [0, 0.05) is 43.1 Å². The van der Waals surface area contributed by atoms with Crippen LogP contribution in [0.3, 0.4) is 0 Å². The van der Waals surface area contributed by atoms with Gasteiger partial charge in [0.1, 0.15) is 17.7 Å². The smallest absolute Gasteiger partial charge is 0.253 e. The molecule has 1 aliphatic heterocycles. The van der Waals surface area contributed by atoms with Crippen LogP contribution < -0.4 is 5.32 Å². The number of nitrogens with one attached hydrogen (secondary N) is 1. The Hall–Kier alpha value is -2.80. The summed E-state index contributed by atoms with van der Waals surface area (Å²) in [5.74, 6) is -1.95. The molecule has 7 heteroatoms. The minimum atomic E-state index is -0.702. The molecule has 0 aliphatic carbocycles. The Kier molecular flexibility index (Phi) is 5.81. The Morgan fingerprint density at radius 2 is 2.04 bits per heavy atom. The molecule has 1 atom stereocenters. The first-order chi connectivity index (χ1) is 12.9. The van der Waals surface area contributed by atoms with Crippen molar-refractivity contribution in [1.82, 2.24) is 4.90 Å². The van der Waals surface area contributed by atoms with Gasteiger partial charge in [0.25, 0.3) is 11.8 Å². The third kappa shape index (κ3) is 4.68. The standard InChI is InChI=1S/C20H20F2N2O3/c1-24(12-14-7-8-15(21)11-17(14)22)20(26)13-4-2-5-16(10-13)23-19(25)18-6-3-9-27-18/h2,4-5,7-8,10-11,18H,3,6,9,12H2,1H3,(H,23,25). The van der Waals surface area contributed by atoms with E-state index in [-0.39, 0.29) is 23.9 Å². The SMILES string of the molecule is CN(Cc1ccc(F)cc1F)C(=O)c1cccc(NC(=O)C2CCCO2)c1. The number of rotatable bonds is 5. The second-order valence-corrected chi connectivity index (χ2v) is 6.47. The molecule has 2 aromatic rings. The highest BCUT2D eigenvalue weighted by Gasteiger charge is 2.24. The fourth-order valence-corrected chi connectivity index (χ4v) is 2.93. The normalized spacial score (nSPS) is 16.2. The highest BCUT2D eigenvalue weighted by molar-refractivity contribution is 5.98. The van der Waals surface area contributed by atoms with Crippen LogP contribution in [0.1, 0.15) is 28.8 Å². The van der Waals surface area contributed by atoms with E-state index < -0.39 is 17.7 Å². The van der Waals surface area contributed by atoms with Gasteiger partial charge in [0.2, 0.25) is 0 Å². The molecule has 0 radical (unpaired) electrons. The number of anilines is 1. The lowest BCUT2D eigenvalue weighted by Gasteiger charge is -2.18. The van der Waals surface area contributed by atoms with Crippen LogP contribution in [0.5, 0.6) is 0 Å². The number of carbonyl (C=O) groups is 2. The number of amides is 2. The minimum Gasteiger partial charge on any atom is -0.368 e. The van der Waals surface area contributed by atoms with E-state index in [1.807, 2.05) is 0 Å². The van der Waals surface area contributed by atoms with Crippen LogP contribution in [0, 0.1) is 11.6 Å². The van der Waals surface area contributed by atoms with Crippen molar-refractivity contribution in [1.29, 1.82) is 0 Å². The first kappa shape index (κ1) is 19.0. The van der Waals surface area contributed by atoms with Crippen molar-refractivity contribution in [2.45, 2.75) is 25.5 Å². The number of ether oxygens (including phenoxy) is 1. The summed E-state index contributed by atoms with van der Waals surface area (Å²) in [5.41, 5.74) is 1.06. The van der Waals surface area contributed by atoms with Crippen LogP contribution in [0.4, 0.5) is 14.5 Å². The van der Waals surface area contributed by atoms with E-state index in [9.17, 15) is 18.4 Å². The number of hydrogen-bond acceptors (Lipinski definition) is 3. The summed E-state index contributed by atoms with van der Waals surface area (Å²) in [7, 11) is 1.53. The van der Waals surface area contributed by atoms with Crippen LogP contribution in [0.25, 0.3) is 0 Å². The van der Waals surface area contributed by atoms with Gasteiger partial charge in [-0.15, -0.1) is 0 Å². The van der Waals surface area contributed by atoms with Gasteiger partial charge in [-0.25, -0.2) is 8.78 Å². The molecule has 0 aromatic heterocycles. The van der Waals surface area contributed by atoms with Crippen molar-refractivity contribution in [3.63, 3.8) is 0 Å². The zero-order chi connectivity index (χ0) is 19.4. The lowest BCUT2D eigenvalue weighted by molar-refractivity contribution is -0.124. The molecule has 2 aromatic carbocycles. The predicted octanol–water partition coefficient (Wildman–Crippen LogP) is 3.35. The molecule has 0 saturated carbocycles. The number of hydrogen-bond donors (Lipinski definition) is 1. The molecule has 1 fully saturated rings. The van der Waals surface area contributed by atoms with Gasteiger partial charge >= 0.3 is 0 Å². The maximum Gasteiger partial charge on any atom is 0.253 e. The predicted molar refractivity (Wildman–Crippen MR) is 96.2 cm³/mol. The minimum absolute atomic E-state index is 0.00253. The van der Waals surface area contributed by atoms with Crippen LogP contribution in [-0.2, 0) is 16.1 Å². The maximum absolute atomic E-state index is 13.8. The number of halogens is 2. The maximum atomic E-state index is 13.8. The molecule has 0 spiro atoms. The van der Waals surface area contributed by atoms with Gasteiger partial charge in [0.05, 0.1) is 0 Å². The molecule has 1 saturated heterocycles. The van der Waals surface area contributed by atoms with Crippen molar-refractivity contribution >= 4 is 17.5 Å². The van der Waals surface area contributed by atoms with Gasteiger partial charge in [-0.1, -0.05) is 12.1 Å². The third-order valence-corrected chi connectivity index (χ3v) is 4.37. The quantitative estimate of drug-likeness (QED) is 0.873. The molecular weight excluding hydrogens is 354 g/mol. The van der Waals surface area contributed by atoms with Crippen molar-refractivity contribution in [2.75, 3.05) is 19.0 Å². The summed E-state index contributed by atoms with van der Waals surface area (Å²) in [4.78, 5) is 26.1. The van der Waals surface area contributed by atoms with E-state index in [2.05, 4.69) is 5.32 Å². The topological polar surface area (TPSA) is 58.6 Å². The van der Waals surface area contributed by atoms with E-state index >= 15 is 0 Å². The second kappa shape index (κ2) is 8.26. The Morgan fingerprint density at radius 1 is 1.22 bits per heavy atom. The van der Waals surface area contributed by atoms with Crippen molar-refractivity contribution in [3.05, 3.63) is 65.2 Å². The molecule has 2 amide bonds. The first-order valence-corrected chi connectivity index (χ1v) is 8.66. The number of carbonyl (C=O) groups excluding carboxylic acids is 2. The molecule has 3 rings (SSSR count). The lowest BCUT2D eigenvalue weighted by atomic mass is 10.1. The molecule has 0 bridgehead atoms. The fraction of sp³-hybridized carbons (Fsp3) is 0.300. The van der Waals surface area contributed by atoms with Gasteiger partial charge in [-0.2, -0.15) is 0 Å². The van der Waals surface area contributed by atoms with E-state index in [0.717, 1.165) is 18.6 Å². The largest absolute Gasteiger partial charge is 0.368 e. The van der Waals surface area contributed by atoms with E-state index in [4.69, 9.17) is 4.74 Å². The van der Waals surface area contributed by atoms with Gasteiger partial charge in [-0.05, 0) is 37.1 Å². The molecule has 5 nitrogen and oxygen atoms in total. The molecule has 1 N–H and O–H groups in total. The molecular formula is C20H20F2N2O3. The second-order valence-electron chi connectivity index (χ2n) is 6.47. The molecule has 27 heavy (non-hydrogen) atoms. The summed E-state index contributed by atoms with van der Waals surface area (Å²) >= 11 is 0. The van der Waals surface area contributed by atoms with Crippen molar-refractivity contribution in [3.8, 4) is 0 Å². The highest BCUT2D eigenvalue weighted by Crippen LogP contribution is 2.18. The first-order valence-electron chi connectivity index (χ1n) is 8.66. The van der Waals surface area contributed by atoms with E-state index in [1.54, 1.807) is 24.3 Å². The summed E-state index contributed by atoms with van der Waals surface area (Å²) < 4.78 is 32.1. The monoisotopic (exact) mass is 374 g/mol. The van der Waals surface area contributed by atoms with Crippen LogP contribution in [0.2, 0.25) is 0 Å². The summed E-state index contributed by atoms with van der Waals surface area (Å²) in [6, 6.07) is 9.77. The Bertz CT molecular complexity index is 851. The Balaban J connectivity index is 1.67. The molecule has 1 unspecified atom stereocenters. The zero-order valence-electron chi connectivity index (χ0n) is 14.9. The Labute approximate surface area is 155 Å². The van der Waals surface area contributed by atoms with E-state index in [1.165, 1.54) is 18.0 Å². The molecule has 1 heterocycles. The fourth-order valence-electron chi connectivity index (χ4n) is 2.93. The van der Waals surface area contributed by atoms with Crippen molar-refractivity contribution in [2.24, 2.45) is 0 Å². The molecule has 142 valence electrons. The van der Waals surface area contributed by atoms with Crippen LogP contribution in [0.15, 0.2) is 42.5 Å². The zero-order valence-corrected chi connectivity index (χ0v) is 14.9.